The van der Waals surface area contributed by atoms with E-state index in [-0.39, 0.29) is 12.5 Å². The average molecular weight is 285 g/mol. The monoisotopic (exact) mass is 285 g/mol. The number of hydrogen-bond donors (Lipinski definition) is 3. The van der Waals surface area contributed by atoms with Crippen molar-refractivity contribution in [2.45, 2.75) is 6.10 Å². The van der Waals surface area contributed by atoms with Crippen LogP contribution in [-0.4, -0.2) is 24.7 Å². The zero-order valence-corrected chi connectivity index (χ0v) is 11.9. The summed E-state index contributed by atoms with van der Waals surface area (Å²) in [5.74, 6) is 1.02. The highest BCUT2D eigenvalue weighted by molar-refractivity contribution is 5.92. The largest absolute Gasteiger partial charge is 0.497 e. The summed E-state index contributed by atoms with van der Waals surface area (Å²) >= 11 is 0. The number of nitrogens with zero attached hydrogens (tertiary/aromatic N) is 1. The predicted octanol–water partition coefficient (Wildman–Crippen LogP) is 2.16. The number of hydrogen-bond acceptors (Lipinski definition) is 3. The van der Waals surface area contributed by atoms with Gasteiger partial charge in [0.15, 0.2) is 5.96 Å². The van der Waals surface area contributed by atoms with E-state index in [4.69, 9.17) is 10.5 Å². The first-order valence-corrected chi connectivity index (χ1v) is 6.63. The molecular formula is C16H19N3O2. The first-order chi connectivity index (χ1) is 10.2. The summed E-state index contributed by atoms with van der Waals surface area (Å²) in [5.41, 5.74) is 7.41. The lowest BCUT2D eigenvalue weighted by Gasteiger charge is -2.10. The maximum atomic E-state index is 10.1. The molecule has 0 amide bonds. The zero-order chi connectivity index (χ0) is 15.1. The molecule has 0 aliphatic carbocycles. The lowest BCUT2D eigenvalue weighted by atomic mass is 10.1. The zero-order valence-electron chi connectivity index (χ0n) is 11.9. The first-order valence-electron chi connectivity index (χ1n) is 6.63. The number of ether oxygens (including phenoxy) is 1. The van der Waals surface area contributed by atoms with Gasteiger partial charge in [-0.15, -0.1) is 0 Å². The Balaban J connectivity index is 1.92. The lowest BCUT2D eigenvalue weighted by molar-refractivity contribution is 0.187. The Morgan fingerprint density at radius 2 is 1.86 bits per heavy atom. The molecular weight excluding hydrogens is 266 g/mol. The van der Waals surface area contributed by atoms with Crippen LogP contribution in [0.4, 0.5) is 5.69 Å². The van der Waals surface area contributed by atoms with Gasteiger partial charge in [0.2, 0.25) is 0 Å². The van der Waals surface area contributed by atoms with E-state index >= 15 is 0 Å². The van der Waals surface area contributed by atoms with Crippen molar-refractivity contribution in [3.05, 3.63) is 60.2 Å². The molecule has 5 nitrogen and oxygen atoms in total. The first kappa shape index (κ1) is 14.9. The van der Waals surface area contributed by atoms with Crippen LogP contribution in [0.15, 0.2) is 59.6 Å². The second-order valence-electron chi connectivity index (χ2n) is 4.51. The summed E-state index contributed by atoms with van der Waals surface area (Å²) in [6, 6.07) is 16.7. The van der Waals surface area contributed by atoms with Crippen molar-refractivity contribution in [1.29, 1.82) is 0 Å². The number of aliphatic hydroxyl groups is 1. The molecule has 0 radical (unpaired) electrons. The Hall–Kier alpha value is -2.53. The molecule has 21 heavy (non-hydrogen) atoms. The van der Waals surface area contributed by atoms with Crippen LogP contribution in [-0.2, 0) is 0 Å². The Morgan fingerprint density at radius 3 is 2.48 bits per heavy atom. The van der Waals surface area contributed by atoms with Gasteiger partial charge >= 0.3 is 0 Å². The average Bonchev–Trinajstić information content (AvgIpc) is 2.53. The van der Waals surface area contributed by atoms with Crippen LogP contribution in [0.5, 0.6) is 5.75 Å². The van der Waals surface area contributed by atoms with Crippen molar-refractivity contribution < 1.29 is 9.84 Å². The second kappa shape index (κ2) is 7.31. The molecule has 0 aliphatic heterocycles. The molecule has 0 fully saturated rings. The third kappa shape index (κ3) is 4.50. The van der Waals surface area contributed by atoms with Gasteiger partial charge in [-0.25, -0.2) is 0 Å². The predicted molar refractivity (Wildman–Crippen MR) is 84.5 cm³/mol. The third-order valence-corrected chi connectivity index (χ3v) is 2.98. The fraction of sp³-hybridized carbons (Fsp3) is 0.188. The van der Waals surface area contributed by atoms with Crippen molar-refractivity contribution >= 4 is 11.6 Å². The van der Waals surface area contributed by atoms with Crippen LogP contribution in [0.25, 0.3) is 0 Å². The minimum atomic E-state index is -0.702. The van der Waals surface area contributed by atoms with Gasteiger partial charge in [0.05, 0.1) is 19.8 Å². The van der Waals surface area contributed by atoms with Crippen LogP contribution in [0.3, 0.4) is 0 Å². The Labute approximate surface area is 124 Å². The molecule has 0 spiro atoms. The van der Waals surface area contributed by atoms with Crippen LogP contribution < -0.4 is 15.8 Å². The molecule has 0 aliphatic rings. The van der Waals surface area contributed by atoms with E-state index in [1.165, 1.54) is 0 Å². The number of nitrogens with two attached hydrogens (primary N) is 1. The molecule has 2 aromatic carbocycles. The van der Waals surface area contributed by atoms with E-state index < -0.39 is 6.10 Å². The standard InChI is InChI=1S/C16H19N3O2/c1-21-14-9-7-12(8-10-14)15(20)11-18-16(17)19-13-5-3-2-4-6-13/h2-10,15,20H,11H2,1H3,(H3,17,18,19). The van der Waals surface area contributed by atoms with Gasteiger partial charge in [-0.3, -0.25) is 4.99 Å². The van der Waals surface area contributed by atoms with Crippen molar-refractivity contribution in [3.63, 3.8) is 0 Å². The maximum Gasteiger partial charge on any atom is 0.193 e. The molecule has 0 aromatic heterocycles. The van der Waals surface area contributed by atoms with Gasteiger partial charge in [-0.05, 0) is 29.8 Å². The van der Waals surface area contributed by atoms with E-state index in [9.17, 15) is 5.11 Å². The maximum absolute atomic E-state index is 10.1. The van der Waals surface area contributed by atoms with Gasteiger partial charge in [-0.1, -0.05) is 30.3 Å². The van der Waals surface area contributed by atoms with Crippen molar-refractivity contribution in [2.75, 3.05) is 19.0 Å². The van der Waals surface area contributed by atoms with Gasteiger partial charge in [0.25, 0.3) is 0 Å². The number of methoxy groups -OCH3 is 1. The van der Waals surface area contributed by atoms with E-state index in [0.29, 0.717) is 0 Å². The molecule has 2 aromatic rings. The number of guanidine groups is 1. The summed E-state index contributed by atoms with van der Waals surface area (Å²) in [4.78, 5) is 4.14. The molecule has 2 rings (SSSR count). The summed E-state index contributed by atoms with van der Waals surface area (Å²) < 4.78 is 5.07. The molecule has 0 saturated heterocycles. The number of rotatable bonds is 5. The Bertz CT molecular complexity index is 582. The quantitative estimate of drug-likeness (QED) is 0.581. The molecule has 0 saturated carbocycles. The lowest BCUT2D eigenvalue weighted by Crippen LogP contribution is -2.23. The molecule has 110 valence electrons. The van der Waals surface area contributed by atoms with Gasteiger partial charge < -0.3 is 20.9 Å². The van der Waals surface area contributed by atoms with Crippen LogP contribution in [0.2, 0.25) is 0 Å². The third-order valence-electron chi connectivity index (χ3n) is 2.98. The second-order valence-corrected chi connectivity index (χ2v) is 4.51. The number of aliphatic hydroxyl groups excluding tert-OH is 1. The normalized spacial score (nSPS) is 12.8. The van der Waals surface area contributed by atoms with Gasteiger partial charge in [0, 0.05) is 5.69 Å². The molecule has 4 N–H and O–H groups in total. The number of anilines is 1. The summed E-state index contributed by atoms with van der Waals surface area (Å²) in [7, 11) is 1.60. The Morgan fingerprint density at radius 1 is 1.19 bits per heavy atom. The number of benzene rings is 2. The molecule has 5 heteroatoms. The van der Waals surface area contributed by atoms with Crippen molar-refractivity contribution in [1.82, 2.24) is 0 Å². The number of para-hydroxylation sites is 1. The SMILES string of the molecule is COc1ccc(C(O)CN=C(N)Nc2ccccc2)cc1. The van der Waals surface area contributed by atoms with Crippen LogP contribution in [0, 0.1) is 0 Å². The number of nitrogens with one attached hydrogen (secondary N) is 1. The van der Waals surface area contributed by atoms with E-state index in [1.54, 1.807) is 31.4 Å². The minimum absolute atomic E-state index is 0.192. The Kier molecular flexibility index (Phi) is 5.17. The van der Waals surface area contributed by atoms with Gasteiger partial charge in [0.1, 0.15) is 5.75 Å². The highest BCUT2D eigenvalue weighted by Gasteiger charge is 2.07. The van der Waals surface area contributed by atoms with E-state index in [1.807, 2.05) is 30.3 Å². The molecule has 1 unspecified atom stereocenters. The number of aliphatic imine (C=N–C) groups is 1. The fourth-order valence-corrected chi connectivity index (χ4v) is 1.83. The summed E-state index contributed by atoms with van der Waals surface area (Å²) in [6.45, 7) is 0.192. The van der Waals surface area contributed by atoms with Crippen molar-refractivity contribution in [3.8, 4) is 5.75 Å². The molecule has 0 heterocycles. The van der Waals surface area contributed by atoms with Gasteiger partial charge in [-0.2, -0.15) is 0 Å². The fourth-order valence-electron chi connectivity index (χ4n) is 1.83. The molecule has 0 bridgehead atoms. The van der Waals surface area contributed by atoms with Crippen LogP contribution >= 0.6 is 0 Å². The highest BCUT2D eigenvalue weighted by atomic mass is 16.5. The summed E-state index contributed by atoms with van der Waals surface area (Å²) in [6.07, 6.45) is -0.702. The van der Waals surface area contributed by atoms with E-state index in [0.717, 1.165) is 17.0 Å². The minimum Gasteiger partial charge on any atom is -0.497 e. The topological polar surface area (TPSA) is 79.9 Å². The van der Waals surface area contributed by atoms with Crippen molar-refractivity contribution in [2.24, 2.45) is 10.7 Å². The summed E-state index contributed by atoms with van der Waals surface area (Å²) in [5, 5.41) is 13.0. The van der Waals surface area contributed by atoms with E-state index in [2.05, 4.69) is 10.3 Å². The highest BCUT2D eigenvalue weighted by Crippen LogP contribution is 2.17. The molecule has 1 atom stereocenters. The smallest absolute Gasteiger partial charge is 0.193 e. The van der Waals surface area contributed by atoms with Crippen LogP contribution in [0.1, 0.15) is 11.7 Å².